The fraction of sp³-hybridized carbons (Fsp3) is 0.233. The van der Waals surface area contributed by atoms with Gasteiger partial charge in [-0.3, -0.25) is 9.78 Å². The first kappa shape index (κ1) is 23.0. The number of nitrogens with zero attached hydrogens (tertiary/aromatic N) is 5. The van der Waals surface area contributed by atoms with Gasteiger partial charge in [0.2, 0.25) is 0 Å². The SMILES string of the molecule is C[C@H]1C(=O)C(C#N)=C[C@@]2(C)c3c(c(-c4ccccn4)nn3-c3ccc(-c4cccc(F)c4)cn3)CC[C@H]12. The van der Waals surface area contributed by atoms with Gasteiger partial charge in [-0.05, 0) is 60.7 Å². The summed E-state index contributed by atoms with van der Waals surface area (Å²) in [4.78, 5) is 22.2. The smallest absolute Gasteiger partial charge is 0.176 e. The molecule has 0 amide bonds. The number of benzene rings is 1. The van der Waals surface area contributed by atoms with Crippen LogP contribution in [0.1, 0.15) is 31.5 Å². The Hall–Kier alpha value is -4.44. The molecule has 0 spiro atoms. The highest BCUT2D eigenvalue weighted by Gasteiger charge is 2.51. The van der Waals surface area contributed by atoms with Crippen molar-refractivity contribution in [2.24, 2.45) is 11.8 Å². The molecule has 0 saturated carbocycles. The minimum atomic E-state index is -0.588. The fourth-order valence-corrected chi connectivity index (χ4v) is 6.07. The highest BCUT2D eigenvalue weighted by Crippen LogP contribution is 2.51. The average Bonchev–Trinajstić information content (AvgIpc) is 3.32. The van der Waals surface area contributed by atoms with Crippen molar-refractivity contribution in [2.45, 2.75) is 32.1 Å². The molecule has 0 radical (unpaired) electrons. The number of allylic oxidation sites excluding steroid dienone is 2. The molecule has 1 aromatic carbocycles. The van der Waals surface area contributed by atoms with Crippen molar-refractivity contribution in [3.05, 3.63) is 95.7 Å². The maximum Gasteiger partial charge on any atom is 0.176 e. The number of pyridine rings is 2. The molecule has 3 atom stereocenters. The highest BCUT2D eigenvalue weighted by atomic mass is 19.1. The van der Waals surface area contributed by atoms with Crippen molar-refractivity contribution < 1.29 is 9.18 Å². The van der Waals surface area contributed by atoms with Gasteiger partial charge in [-0.15, -0.1) is 0 Å². The molecule has 3 heterocycles. The van der Waals surface area contributed by atoms with Gasteiger partial charge in [-0.2, -0.15) is 10.4 Å². The molecule has 6 rings (SSSR count). The Bertz CT molecular complexity index is 1600. The molecule has 2 aliphatic carbocycles. The topological polar surface area (TPSA) is 84.5 Å². The van der Waals surface area contributed by atoms with Crippen molar-refractivity contribution in [1.82, 2.24) is 19.7 Å². The third-order valence-electron chi connectivity index (χ3n) is 7.85. The van der Waals surface area contributed by atoms with Crippen LogP contribution < -0.4 is 0 Å². The molecular weight excluding hydrogens is 465 g/mol. The summed E-state index contributed by atoms with van der Waals surface area (Å²) in [6.07, 6.45) is 6.85. The molecule has 4 aromatic rings. The number of nitriles is 1. The summed E-state index contributed by atoms with van der Waals surface area (Å²) in [6.45, 7) is 4.02. The Morgan fingerprint density at radius 1 is 1.11 bits per heavy atom. The molecule has 37 heavy (non-hydrogen) atoms. The van der Waals surface area contributed by atoms with Gasteiger partial charge >= 0.3 is 0 Å². The molecular formula is C30H24FN5O. The van der Waals surface area contributed by atoms with Gasteiger partial charge in [0.05, 0.1) is 17.0 Å². The van der Waals surface area contributed by atoms with E-state index in [2.05, 4.69) is 18.0 Å². The number of hydrogen-bond acceptors (Lipinski definition) is 5. The van der Waals surface area contributed by atoms with Crippen LogP contribution in [0.4, 0.5) is 4.39 Å². The molecule has 6 nitrogen and oxygen atoms in total. The highest BCUT2D eigenvalue weighted by molar-refractivity contribution is 6.02. The predicted molar refractivity (Wildman–Crippen MR) is 137 cm³/mol. The van der Waals surface area contributed by atoms with Crippen LogP contribution >= 0.6 is 0 Å². The number of rotatable bonds is 3. The molecule has 0 fully saturated rings. The van der Waals surface area contributed by atoms with E-state index >= 15 is 0 Å². The van der Waals surface area contributed by atoms with Crippen LogP contribution in [0.3, 0.4) is 0 Å². The van der Waals surface area contributed by atoms with Crippen LogP contribution in [-0.4, -0.2) is 25.5 Å². The number of halogens is 1. The number of fused-ring (bicyclic) bond motifs is 3. The molecule has 0 bridgehead atoms. The third kappa shape index (κ3) is 3.60. The lowest BCUT2D eigenvalue weighted by Gasteiger charge is -2.45. The second-order valence-electron chi connectivity index (χ2n) is 9.97. The summed E-state index contributed by atoms with van der Waals surface area (Å²) in [7, 11) is 0. The molecule has 182 valence electrons. The Morgan fingerprint density at radius 2 is 1.97 bits per heavy atom. The van der Waals surface area contributed by atoms with Gasteiger partial charge in [-0.1, -0.05) is 38.1 Å². The molecule has 0 N–H and O–H groups in total. The number of Topliss-reactive ketones (excluding diaryl/α,β-unsaturated/α-hetero) is 1. The predicted octanol–water partition coefficient (Wildman–Crippen LogP) is 5.62. The fourth-order valence-electron chi connectivity index (χ4n) is 6.07. The first-order valence-electron chi connectivity index (χ1n) is 12.3. The zero-order valence-electron chi connectivity index (χ0n) is 20.5. The Balaban J connectivity index is 1.56. The van der Waals surface area contributed by atoms with Crippen molar-refractivity contribution in [1.29, 1.82) is 5.26 Å². The van der Waals surface area contributed by atoms with Crippen molar-refractivity contribution >= 4 is 5.78 Å². The van der Waals surface area contributed by atoms with Gasteiger partial charge in [0, 0.05) is 34.9 Å². The van der Waals surface area contributed by atoms with Gasteiger partial charge in [-0.25, -0.2) is 14.1 Å². The zero-order chi connectivity index (χ0) is 25.7. The summed E-state index contributed by atoms with van der Waals surface area (Å²) in [5, 5.41) is 14.8. The van der Waals surface area contributed by atoms with Crippen LogP contribution in [0, 0.1) is 29.0 Å². The Morgan fingerprint density at radius 3 is 2.68 bits per heavy atom. The molecule has 2 aliphatic rings. The van der Waals surface area contributed by atoms with Crippen LogP contribution in [0.2, 0.25) is 0 Å². The van der Waals surface area contributed by atoms with E-state index in [0.717, 1.165) is 46.6 Å². The largest absolute Gasteiger partial charge is 0.293 e. The molecule has 7 heteroatoms. The minimum absolute atomic E-state index is 0.0307. The summed E-state index contributed by atoms with van der Waals surface area (Å²) < 4.78 is 15.6. The number of hydrogen-bond donors (Lipinski definition) is 0. The van der Waals surface area contributed by atoms with Crippen LogP contribution in [-0.2, 0) is 16.6 Å². The monoisotopic (exact) mass is 489 g/mol. The summed E-state index contributed by atoms with van der Waals surface area (Å²) in [5.74, 6) is -0.0346. The van der Waals surface area contributed by atoms with E-state index < -0.39 is 5.41 Å². The molecule has 3 aromatic heterocycles. The Kier molecular flexibility index (Phi) is 5.34. The van der Waals surface area contributed by atoms with E-state index in [9.17, 15) is 14.4 Å². The maximum absolute atomic E-state index is 13.8. The first-order valence-corrected chi connectivity index (χ1v) is 12.3. The van der Waals surface area contributed by atoms with Gasteiger partial charge < -0.3 is 0 Å². The van der Waals surface area contributed by atoms with Gasteiger partial charge in [0.15, 0.2) is 11.6 Å². The lowest BCUT2D eigenvalue weighted by Crippen LogP contribution is -2.46. The summed E-state index contributed by atoms with van der Waals surface area (Å²) >= 11 is 0. The van der Waals surface area contributed by atoms with E-state index in [1.54, 1.807) is 18.5 Å². The summed E-state index contributed by atoms with van der Waals surface area (Å²) in [6, 6.07) is 18.0. The standard InChI is InChI=1S/C30H24FN5O/c1-18-24-11-10-23-27(25-8-3-4-13-33-25)35-36(29(23)30(24,2)15-21(16-32)28(18)37)26-12-9-20(17-34-26)19-6-5-7-22(31)14-19/h3-9,12-15,17-18,24H,10-11H2,1-2H3/t18-,24-,30-/m1/s1. The molecule has 0 aliphatic heterocycles. The molecule has 0 saturated heterocycles. The summed E-state index contributed by atoms with van der Waals surface area (Å²) in [5.41, 5.74) is 4.68. The average molecular weight is 490 g/mol. The van der Waals surface area contributed by atoms with Crippen LogP contribution in [0.5, 0.6) is 0 Å². The normalized spacial score (nSPS) is 22.5. The van der Waals surface area contributed by atoms with Crippen LogP contribution in [0.15, 0.2) is 78.6 Å². The number of carbonyl (C=O) groups excluding carboxylic acids is 1. The third-order valence-corrected chi connectivity index (χ3v) is 7.85. The van der Waals surface area contributed by atoms with Gasteiger partial charge in [0.1, 0.15) is 17.6 Å². The number of aromatic nitrogens is 4. The molecule has 0 unspecified atom stereocenters. The van der Waals surface area contributed by atoms with E-state index in [0.29, 0.717) is 5.82 Å². The van der Waals surface area contributed by atoms with E-state index in [1.165, 1.54) is 12.1 Å². The van der Waals surface area contributed by atoms with E-state index in [-0.39, 0.29) is 29.0 Å². The van der Waals surface area contributed by atoms with Gasteiger partial charge in [0.25, 0.3) is 0 Å². The lowest BCUT2D eigenvalue weighted by atomic mass is 9.58. The van der Waals surface area contributed by atoms with E-state index in [1.807, 2.05) is 54.1 Å². The Labute approximate surface area is 214 Å². The first-order chi connectivity index (χ1) is 17.9. The van der Waals surface area contributed by atoms with Crippen molar-refractivity contribution in [2.75, 3.05) is 0 Å². The second-order valence-corrected chi connectivity index (χ2v) is 9.97. The second kappa shape index (κ2) is 8.59. The zero-order valence-corrected chi connectivity index (χ0v) is 20.5. The maximum atomic E-state index is 13.8. The van der Waals surface area contributed by atoms with E-state index in [4.69, 9.17) is 10.1 Å². The number of ketones is 1. The van der Waals surface area contributed by atoms with Crippen molar-refractivity contribution in [3.8, 4) is 34.4 Å². The lowest BCUT2D eigenvalue weighted by molar-refractivity contribution is -0.121. The van der Waals surface area contributed by atoms with Crippen molar-refractivity contribution in [3.63, 3.8) is 0 Å². The number of carbonyl (C=O) groups is 1. The van der Waals surface area contributed by atoms with Crippen LogP contribution in [0.25, 0.3) is 28.3 Å². The quantitative estimate of drug-likeness (QED) is 0.373. The minimum Gasteiger partial charge on any atom is -0.293 e.